The van der Waals surface area contributed by atoms with Gasteiger partial charge in [0.1, 0.15) is 0 Å². The van der Waals surface area contributed by atoms with Crippen molar-refractivity contribution in [2.45, 2.75) is 18.3 Å². The molecule has 4 heteroatoms. The van der Waals surface area contributed by atoms with E-state index in [-0.39, 0.29) is 5.78 Å². The van der Waals surface area contributed by atoms with Gasteiger partial charge in [0, 0.05) is 16.7 Å². The second kappa shape index (κ2) is 3.80. The summed E-state index contributed by atoms with van der Waals surface area (Å²) in [5.41, 5.74) is 1.60. The molecule has 0 unspecified atom stereocenters. The molecular formula is C17H12O4. The highest BCUT2D eigenvalue weighted by Crippen LogP contribution is 2.69. The monoisotopic (exact) mass is 280 g/mol. The molecule has 2 atom stereocenters. The Morgan fingerprint density at radius 3 is 2.43 bits per heavy atom. The zero-order chi connectivity index (χ0) is 14.7. The minimum Gasteiger partial charge on any atom is -0.426 e. The fourth-order valence-corrected chi connectivity index (χ4v) is 3.35. The molecule has 0 spiro atoms. The molecule has 1 fully saturated rings. The second-order valence-corrected chi connectivity index (χ2v) is 5.30. The molecule has 1 aliphatic carbocycles. The number of fused-ring (bicyclic) bond motifs is 3. The predicted octanol–water partition coefficient (Wildman–Crippen LogP) is 2.44. The molecule has 0 bridgehead atoms. The fraction of sp³-hybridized carbons (Fsp3) is 0.176. The molecule has 4 rings (SSSR count). The Labute approximate surface area is 121 Å². The van der Waals surface area contributed by atoms with Crippen molar-refractivity contribution in [3.05, 3.63) is 70.8 Å². The van der Waals surface area contributed by atoms with Crippen LogP contribution >= 0.6 is 0 Å². The van der Waals surface area contributed by atoms with Crippen molar-refractivity contribution in [3.63, 3.8) is 0 Å². The molecule has 0 amide bonds. The lowest BCUT2D eigenvalue weighted by atomic mass is 9.89. The van der Waals surface area contributed by atoms with Gasteiger partial charge in [-0.2, -0.15) is 0 Å². The van der Waals surface area contributed by atoms with Gasteiger partial charge in [-0.05, 0) is 12.5 Å². The predicted molar refractivity (Wildman–Crippen MR) is 73.5 cm³/mol. The van der Waals surface area contributed by atoms with Crippen LogP contribution in [0.2, 0.25) is 0 Å². The zero-order valence-corrected chi connectivity index (χ0v) is 11.3. The standard InChI is InChI=1S/C17H12O4/c1-11-6-2-4-8-13(11)16-15(19)12-7-3-5-9-14(12)17(16,21-16)20-10-18/h2-10H,1H3/t16-,17-/m1/s1. The lowest BCUT2D eigenvalue weighted by molar-refractivity contribution is -0.143. The summed E-state index contributed by atoms with van der Waals surface area (Å²) in [7, 11) is 0. The third-order valence-electron chi connectivity index (χ3n) is 4.30. The third-order valence-corrected chi connectivity index (χ3v) is 4.30. The Hall–Kier alpha value is -2.46. The topological polar surface area (TPSA) is 55.9 Å². The maximum atomic E-state index is 12.9. The lowest BCUT2D eigenvalue weighted by Gasteiger charge is -2.12. The minimum atomic E-state index is -1.31. The van der Waals surface area contributed by atoms with E-state index in [2.05, 4.69) is 0 Å². The van der Waals surface area contributed by atoms with Gasteiger partial charge in [-0.25, -0.2) is 0 Å². The van der Waals surface area contributed by atoms with E-state index in [1.54, 1.807) is 24.3 Å². The van der Waals surface area contributed by atoms with E-state index in [9.17, 15) is 9.59 Å². The number of benzene rings is 2. The van der Waals surface area contributed by atoms with Crippen LogP contribution in [-0.2, 0) is 25.7 Å². The highest BCUT2D eigenvalue weighted by molar-refractivity contribution is 6.11. The number of hydrogen-bond acceptors (Lipinski definition) is 4. The Morgan fingerprint density at radius 2 is 1.71 bits per heavy atom. The van der Waals surface area contributed by atoms with Crippen LogP contribution in [0.15, 0.2) is 48.5 Å². The highest BCUT2D eigenvalue weighted by Gasteiger charge is 2.84. The average Bonchev–Trinajstić information content (AvgIpc) is 3.13. The van der Waals surface area contributed by atoms with E-state index in [1.807, 2.05) is 31.2 Å². The molecule has 0 aromatic heterocycles. The van der Waals surface area contributed by atoms with Gasteiger partial charge in [-0.1, -0.05) is 48.5 Å². The van der Waals surface area contributed by atoms with Crippen molar-refractivity contribution >= 4 is 12.3 Å². The van der Waals surface area contributed by atoms with Crippen molar-refractivity contribution in [1.82, 2.24) is 0 Å². The molecule has 2 aromatic rings. The number of carbonyl (C=O) groups excluding carboxylic acids is 2. The first kappa shape index (κ1) is 12.3. The normalized spacial score (nSPS) is 28.7. The molecule has 4 nitrogen and oxygen atoms in total. The van der Waals surface area contributed by atoms with Gasteiger partial charge < -0.3 is 9.47 Å². The van der Waals surface area contributed by atoms with E-state index in [4.69, 9.17) is 9.47 Å². The third kappa shape index (κ3) is 1.24. The summed E-state index contributed by atoms with van der Waals surface area (Å²) in [5.74, 6) is -1.47. The van der Waals surface area contributed by atoms with Gasteiger partial charge >= 0.3 is 0 Å². The maximum Gasteiger partial charge on any atom is 0.296 e. The fourth-order valence-electron chi connectivity index (χ4n) is 3.35. The summed E-state index contributed by atoms with van der Waals surface area (Å²) in [5, 5.41) is 0. The summed E-state index contributed by atoms with van der Waals surface area (Å²) in [6.07, 6.45) is 0. The molecule has 1 aliphatic heterocycles. The number of epoxide rings is 1. The molecule has 0 radical (unpaired) electrons. The average molecular weight is 280 g/mol. The number of carbonyl (C=O) groups is 2. The minimum absolute atomic E-state index is 0.158. The quantitative estimate of drug-likeness (QED) is 0.640. The smallest absolute Gasteiger partial charge is 0.296 e. The summed E-state index contributed by atoms with van der Waals surface area (Å²) in [6.45, 7) is 2.25. The van der Waals surface area contributed by atoms with Crippen LogP contribution in [0.4, 0.5) is 0 Å². The number of rotatable bonds is 3. The van der Waals surface area contributed by atoms with Crippen molar-refractivity contribution < 1.29 is 19.1 Å². The van der Waals surface area contributed by atoms with Gasteiger partial charge in [-0.15, -0.1) is 0 Å². The number of ether oxygens (including phenoxy) is 2. The van der Waals surface area contributed by atoms with Crippen LogP contribution in [0.5, 0.6) is 0 Å². The van der Waals surface area contributed by atoms with E-state index in [1.165, 1.54) is 0 Å². The highest BCUT2D eigenvalue weighted by atomic mass is 16.8. The van der Waals surface area contributed by atoms with E-state index >= 15 is 0 Å². The molecule has 104 valence electrons. The summed E-state index contributed by atoms with van der Waals surface area (Å²) < 4.78 is 11.0. The van der Waals surface area contributed by atoms with Crippen LogP contribution in [0.3, 0.4) is 0 Å². The van der Waals surface area contributed by atoms with Gasteiger partial charge in [0.05, 0.1) is 0 Å². The molecule has 1 saturated heterocycles. The van der Waals surface area contributed by atoms with Crippen molar-refractivity contribution in [3.8, 4) is 0 Å². The van der Waals surface area contributed by atoms with Crippen molar-refractivity contribution in [2.75, 3.05) is 0 Å². The van der Waals surface area contributed by atoms with Gasteiger partial charge in [0.25, 0.3) is 12.3 Å². The van der Waals surface area contributed by atoms with Crippen LogP contribution in [0.1, 0.15) is 27.0 Å². The van der Waals surface area contributed by atoms with Crippen molar-refractivity contribution in [2.24, 2.45) is 0 Å². The maximum absolute atomic E-state index is 12.9. The molecule has 0 saturated carbocycles. The molecular weight excluding hydrogens is 268 g/mol. The number of hydrogen-bond donors (Lipinski definition) is 0. The van der Waals surface area contributed by atoms with Crippen LogP contribution in [0, 0.1) is 6.92 Å². The van der Waals surface area contributed by atoms with Gasteiger partial charge in [0.15, 0.2) is 0 Å². The molecule has 0 N–H and O–H groups in total. The lowest BCUT2D eigenvalue weighted by Crippen LogP contribution is -2.26. The SMILES string of the molecule is Cc1ccccc1[C@]12O[C@]1(OC=O)c1ccccc1C2=O. The van der Waals surface area contributed by atoms with E-state index in [0.717, 1.165) is 11.1 Å². The Balaban J connectivity index is 1.99. The first-order valence-electron chi connectivity index (χ1n) is 6.69. The summed E-state index contributed by atoms with van der Waals surface area (Å²) >= 11 is 0. The van der Waals surface area contributed by atoms with Crippen molar-refractivity contribution in [1.29, 1.82) is 0 Å². The first-order chi connectivity index (χ1) is 10.2. The Morgan fingerprint density at radius 1 is 1.05 bits per heavy atom. The molecule has 2 aliphatic rings. The van der Waals surface area contributed by atoms with Crippen LogP contribution in [-0.4, -0.2) is 12.3 Å². The molecule has 21 heavy (non-hydrogen) atoms. The second-order valence-electron chi connectivity index (χ2n) is 5.30. The Kier molecular flexibility index (Phi) is 2.22. The molecule has 1 heterocycles. The van der Waals surface area contributed by atoms with Crippen LogP contribution in [0.25, 0.3) is 0 Å². The van der Waals surface area contributed by atoms with Gasteiger partial charge in [0.2, 0.25) is 11.4 Å². The zero-order valence-electron chi connectivity index (χ0n) is 11.3. The summed E-state index contributed by atoms with van der Waals surface area (Å²) in [6, 6.07) is 14.6. The first-order valence-corrected chi connectivity index (χ1v) is 6.69. The summed E-state index contributed by atoms with van der Waals surface area (Å²) in [4.78, 5) is 23.8. The van der Waals surface area contributed by atoms with E-state index < -0.39 is 11.4 Å². The number of aryl methyl sites for hydroxylation is 1. The molecule has 2 aromatic carbocycles. The van der Waals surface area contributed by atoms with E-state index in [0.29, 0.717) is 17.6 Å². The Bertz CT molecular complexity index is 782. The van der Waals surface area contributed by atoms with Gasteiger partial charge in [-0.3, -0.25) is 9.59 Å². The number of ketones is 1. The number of Topliss-reactive ketones (excluding diaryl/α,β-unsaturated/α-hetero) is 1. The largest absolute Gasteiger partial charge is 0.426 e. The van der Waals surface area contributed by atoms with Crippen LogP contribution < -0.4 is 0 Å².